The highest BCUT2D eigenvalue weighted by Crippen LogP contribution is 2.30. The summed E-state index contributed by atoms with van der Waals surface area (Å²) in [6.45, 7) is 3.25. The molecule has 0 bridgehead atoms. The summed E-state index contributed by atoms with van der Waals surface area (Å²) in [7, 11) is 2.19. The number of H-pyrrole nitrogens is 1. The maximum absolute atomic E-state index is 11.9. The molecule has 5 nitrogen and oxygen atoms in total. The molecule has 2 aromatic heterocycles. The maximum Gasteiger partial charge on any atom is 0.272 e. The number of aryl methyl sites for hydroxylation is 2. The van der Waals surface area contributed by atoms with Crippen molar-refractivity contribution in [2.45, 2.75) is 32.2 Å². The fourth-order valence-electron chi connectivity index (χ4n) is 4.75. The molecule has 0 amide bonds. The van der Waals surface area contributed by atoms with Gasteiger partial charge < -0.3 is 4.57 Å². The number of aromatic amines is 1. The minimum atomic E-state index is -0.108. The Morgan fingerprint density at radius 1 is 1.00 bits per heavy atom. The van der Waals surface area contributed by atoms with E-state index >= 15 is 0 Å². The lowest BCUT2D eigenvalue weighted by Gasteiger charge is -2.28. The summed E-state index contributed by atoms with van der Waals surface area (Å²) in [4.78, 5) is 14.5. The Balaban J connectivity index is 1.23. The standard InChI is InChI=1S/C24H26N4O/c1-27-22-12-5-4-9-18(22)19-13-15-28(16-23(19)27)14-7-6-11-21-17-8-2-3-10-20(17)24(29)26-25-21/h2-5,8-10,12H,6-7,11,13-16H2,1H3,(H,26,29). The maximum atomic E-state index is 11.9. The molecule has 1 aliphatic heterocycles. The van der Waals surface area contributed by atoms with Gasteiger partial charge in [0, 0.05) is 42.1 Å². The molecule has 1 aliphatic rings. The fraction of sp³-hybridized carbons (Fsp3) is 0.333. The summed E-state index contributed by atoms with van der Waals surface area (Å²) in [5, 5.41) is 10.1. The summed E-state index contributed by atoms with van der Waals surface area (Å²) in [5.41, 5.74) is 5.22. The topological polar surface area (TPSA) is 53.9 Å². The van der Waals surface area contributed by atoms with Gasteiger partial charge in [-0.25, -0.2) is 5.10 Å². The molecular formula is C24H26N4O. The van der Waals surface area contributed by atoms with Crippen molar-refractivity contribution in [2.75, 3.05) is 13.1 Å². The van der Waals surface area contributed by atoms with E-state index in [0.29, 0.717) is 0 Å². The summed E-state index contributed by atoms with van der Waals surface area (Å²) >= 11 is 0. The quantitative estimate of drug-likeness (QED) is 0.531. The number of hydrogen-bond acceptors (Lipinski definition) is 3. The van der Waals surface area contributed by atoms with Crippen LogP contribution in [-0.2, 0) is 26.4 Å². The van der Waals surface area contributed by atoms with E-state index in [4.69, 9.17) is 0 Å². The Bertz CT molecular complexity index is 1240. The predicted molar refractivity (Wildman–Crippen MR) is 117 cm³/mol. The third-order valence-corrected chi connectivity index (χ3v) is 6.31. The van der Waals surface area contributed by atoms with Crippen LogP contribution in [0.25, 0.3) is 21.7 Å². The van der Waals surface area contributed by atoms with Gasteiger partial charge >= 0.3 is 0 Å². The number of nitrogens with zero attached hydrogens (tertiary/aromatic N) is 3. The third-order valence-electron chi connectivity index (χ3n) is 6.31. The molecular weight excluding hydrogens is 360 g/mol. The Morgan fingerprint density at radius 3 is 2.62 bits per heavy atom. The molecule has 2 aromatic carbocycles. The summed E-state index contributed by atoms with van der Waals surface area (Å²) in [6, 6.07) is 16.5. The molecule has 3 heterocycles. The second-order valence-electron chi connectivity index (χ2n) is 8.03. The average Bonchev–Trinajstić information content (AvgIpc) is 3.05. The Hall–Kier alpha value is -2.92. The first-order valence-electron chi connectivity index (χ1n) is 10.5. The van der Waals surface area contributed by atoms with E-state index in [9.17, 15) is 4.79 Å². The number of rotatable bonds is 5. The van der Waals surface area contributed by atoms with Crippen LogP contribution in [0.15, 0.2) is 53.3 Å². The van der Waals surface area contributed by atoms with Crippen LogP contribution in [-0.4, -0.2) is 32.8 Å². The molecule has 5 rings (SSSR count). The van der Waals surface area contributed by atoms with E-state index in [1.807, 2.05) is 24.3 Å². The SMILES string of the molecule is Cn1c2c(c3ccccc31)CCN(CCCCc1n[nH]c(=O)c3ccccc13)C2. The van der Waals surface area contributed by atoms with Crippen LogP contribution in [0, 0.1) is 0 Å². The zero-order valence-corrected chi connectivity index (χ0v) is 16.8. The molecule has 1 N–H and O–H groups in total. The number of unbranched alkanes of at least 4 members (excludes halogenated alkanes) is 1. The summed E-state index contributed by atoms with van der Waals surface area (Å²) in [5.74, 6) is 0. The lowest BCUT2D eigenvalue weighted by Crippen LogP contribution is -2.32. The van der Waals surface area contributed by atoms with Gasteiger partial charge in [0.15, 0.2) is 0 Å². The molecule has 5 heteroatoms. The van der Waals surface area contributed by atoms with Crippen molar-refractivity contribution >= 4 is 21.7 Å². The molecule has 29 heavy (non-hydrogen) atoms. The number of para-hydroxylation sites is 1. The highest BCUT2D eigenvalue weighted by Gasteiger charge is 2.22. The fourth-order valence-corrected chi connectivity index (χ4v) is 4.75. The van der Waals surface area contributed by atoms with Crippen LogP contribution < -0.4 is 5.56 Å². The Kier molecular flexibility index (Phi) is 4.68. The van der Waals surface area contributed by atoms with Crippen molar-refractivity contribution in [3.8, 4) is 0 Å². The summed E-state index contributed by atoms with van der Waals surface area (Å²) < 4.78 is 2.37. The molecule has 0 fully saturated rings. The minimum Gasteiger partial charge on any atom is -0.346 e. The highest BCUT2D eigenvalue weighted by molar-refractivity contribution is 5.86. The van der Waals surface area contributed by atoms with Crippen LogP contribution in [0.2, 0.25) is 0 Å². The molecule has 0 saturated heterocycles. The van der Waals surface area contributed by atoms with Crippen molar-refractivity contribution in [1.82, 2.24) is 19.7 Å². The van der Waals surface area contributed by atoms with Crippen LogP contribution in [0.5, 0.6) is 0 Å². The van der Waals surface area contributed by atoms with Crippen molar-refractivity contribution in [1.29, 1.82) is 0 Å². The normalized spacial score (nSPS) is 14.5. The molecule has 4 aromatic rings. The first-order chi connectivity index (χ1) is 14.2. The van der Waals surface area contributed by atoms with E-state index in [0.717, 1.165) is 61.8 Å². The first kappa shape index (κ1) is 18.1. The van der Waals surface area contributed by atoms with E-state index in [-0.39, 0.29) is 5.56 Å². The number of benzene rings is 2. The molecule has 148 valence electrons. The lowest BCUT2D eigenvalue weighted by molar-refractivity contribution is 0.243. The van der Waals surface area contributed by atoms with Gasteiger partial charge in [-0.05, 0) is 49.9 Å². The number of nitrogens with one attached hydrogen (secondary N) is 1. The van der Waals surface area contributed by atoms with Crippen molar-refractivity contribution in [3.05, 3.63) is 75.8 Å². The third kappa shape index (κ3) is 3.25. The van der Waals surface area contributed by atoms with Gasteiger partial charge in [-0.15, -0.1) is 0 Å². The van der Waals surface area contributed by atoms with Gasteiger partial charge in [0.25, 0.3) is 5.56 Å². The second kappa shape index (κ2) is 7.48. The molecule has 0 radical (unpaired) electrons. The summed E-state index contributed by atoms with van der Waals surface area (Å²) in [6.07, 6.45) is 4.23. The molecule has 0 aliphatic carbocycles. The number of hydrogen-bond donors (Lipinski definition) is 1. The van der Waals surface area contributed by atoms with E-state index in [1.54, 1.807) is 0 Å². The largest absolute Gasteiger partial charge is 0.346 e. The molecule has 0 spiro atoms. The monoisotopic (exact) mass is 386 g/mol. The molecule has 0 unspecified atom stereocenters. The Labute approximate surface area is 170 Å². The van der Waals surface area contributed by atoms with Crippen molar-refractivity contribution in [3.63, 3.8) is 0 Å². The smallest absolute Gasteiger partial charge is 0.272 e. The van der Waals surface area contributed by atoms with Crippen molar-refractivity contribution < 1.29 is 0 Å². The zero-order chi connectivity index (χ0) is 19.8. The highest BCUT2D eigenvalue weighted by atomic mass is 16.1. The van der Waals surface area contributed by atoms with Crippen LogP contribution in [0.4, 0.5) is 0 Å². The van der Waals surface area contributed by atoms with Crippen molar-refractivity contribution in [2.24, 2.45) is 7.05 Å². The van der Waals surface area contributed by atoms with Gasteiger partial charge in [-0.3, -0.25) is 9.69 Å². The minimum absolute atomic E-state index is 0.108. The van der Waals surface area contributed by atoms with Gasteiger partial charge in [0.2, 0.25) is 0 Å². The van der Waals surface area contributed by atoms with E-state index in [2.05, 4.69) is 51.0 Å². The van der Waals surface area contributed by atoms with Crippen LogP contribution >= 0.6 is 0 Å². The van der Waals surface area contributed by atoms with E-state index < -0.39 is 0 Å². The number of aromatic nitrogens is 3. The Morgan fingerprint density at radius 2 is 1.76 bits per heavy atom. The number of fused-ring (bicyclic) bond motifs is 4. The van der Waals surface area contributed by atoms with Gasteiger partial charge in [0.05, 0.1) is 11.1 Å². The van der Waals surface area contributed by atoms with Crippen LogP contribution in [0.3, 0.4) is 0 Å². The van der Waals surface area contributed by atoms with E-state index in [1.165, 1.54) is 22.2 Å². The van der Waals surface area contributed by atoms with Gasteiger partial charge in [0.1, 0.15) is 0 Å². The van der Waals surface area contributed by atoms with Crippen LogP contribution in [0.1, 0.15) is 29.8 Å². The van der Waals surface area contributed by atoms with Gasteiger partial charge in [-0.1, -0.05) is 36.4 Å². The molecule has 0 atom stereocenters. The van der Waals surface area contributed by atoms with Gasteiger partial charge in [-0.2, -0.15) is 5.10 Å². The zero-order valence-electron chi connectivity index (χ0n) is 16.8. The average molecular weight is 386 g/mol. The predicted octanol–water partition coefficient (Wildman–Crippen LogP) is 3.80. The first-order valence-corrected chi connectivity index (χ1v) is 10.5. The lowest BCUT2D eigenvalue weighted by atomic mass is 10.0. The second-order valence-corrected chi connectivity index (χ2v) is 8.03. The molecule has 0 saturated carbocycles.